The van der Waals surface area contributed by atoms with Gasteiger partial charge < -0.3 is 11.5 Å². The molecule has 0 aliphatic carbocycles. The van der Waals surface area contributed by atoms with Gasteiger partial charge in [0, 0.05) is 18.5 Å². The number of benzene rings is 1. The lowest BCUT2D eigenvalue weighted by Gasteiger charge is -2.22. The number of hydrogen-bond acceptors (Lipinski definition) is 6. The molecule has 0 saturated carbocycles. The molecule has 0 spiro atoms. The van der Waals surface area contributed by atoms with Crippen LogP contribution in [0, 0.1) is 0 Å². The second-order valence-electron chi connectivity index (χ2n) is 5.90. The molecule has 7 heteroatoms. The molecule has 0 bridgehead atoms. The Bertz CT molecular complexity index is 839. The highest BCUT2D eigenvalue weighted by molar-refractivity contribution is 7.11. The Morgan fingerprint density at radius 1 is 1.27 bits per heavy atom. The third-order valence-electron chi connectivity index (χ3n) is 3.99. The van der Waals surface area contributed by atoms with E-state index >= 15 is 0 Å². The first kappa shape index (κ1) is 18.3. The van der Waals surface area contributed by atoms with Gasteiger partial charge in [-0.05, 0) is 35.6 Å². The highest BCUT2D eigenvalue weighted by Gasteiger charge is 2.23. The zero-order valence-electron chi connectivity index (χ0n) is 14.6. The van der Waals surface area contributed by atoms with Crippen molar-refractivity contribution in [3.63, 3.8) is 0 Å². The van der Waals surface area contributed by atoms with Crippen molar-refractivity contribution in [1.82, 2.24) is 5.06 Å². The van der Waals surface area contributed by atoms with Crippen LogP contribution in [0.2, 0.25) is 0 Å². The Hall–Kier alpha value is -2.48. The van der Waals surface area contributed by atoms with Crippen molar-refractivity contribution in [2.24, 2.45) is 16.5 Å². The molecule has 0 unspecified atom stereocenters. The first-order chi connectivity index (χ1) is 12.6. The number of thiophene rings is 1. The highest BCUT2D eigenvalue weighted by atomic mass is 32.1. The number of carbonyl (C=O) groups excluding carboxylic acids is 1. The average molecular weight is 370 g/mol. The highest BCUT2D eigenvalue weighted by Crippen LogP contribution is 2.31. The van der Waals surface area contributed by atoms with Gasteiger partial charge in [0.1, 0.15) is 5.84 Å². The molecular weight excluding hydrogens is 348 g/mol. The molecule has 1 amide bonds. The quantitative estimate of drug-likeness (QED) is 0.765. The number of amides is 1. The monoisotopic (exact) mass is 370 g/mol. The fraction of sp³-hybridized carbons (Fsp3) is 0.263. The van der Waals surface area contributed by atoms with E-state index in [1.165, 1.54) is 16.4 Å². The minimum absolute atomic E-state index is 0.200. The van der Waals surface area contributed by atoms with Crippen molar-refractivity contribution in [2.45, 2.75) is 26.4 Å². The number of fused-ring (bicyclic) bond motifs is 1. The number of amidine groups is 1. The average Bonchev–Trinajstić information content (AvgIpc) is 3.00. The van der Waals surface area contributed by atoms with Crippen LogP contribution in [0.1, 0.15) is 29.3 Å². The summed E-state index contributed by atoms with van der Waals surface area (Å²) in [5.41, 5.74) is 15.0. The summed E-state index contributed by atoms with van der Waals surface area (Å²) in [4.78, 5) is 24.0. The maximum Gasteiger partial charge on any atom is 0.274 e. The second kappa shape index (κ2) is 8.27. The number of carbonyl (C=O) groups is 1. The van der Waals surface area contributed by atoms with Gasteiger partial charge in [0.15, 0.2) is 0 Å². The third kappa shape index (κ3) is 4.19. The van der Waals surface area contributed by atoms with E-state index in [9.17, 15) is 4.79 Å². The van der Waals surface area contributed by atoms with E-state index in [1.54, 1.807) is 0 Å². The van der Waals surface area contributed by atoms with Crippen LogP contribution in [0.5, 0.6) is 0 Å². The van der Waals surface area contributed by atoms with Crippen LogP contribution in [-0.4, -0.2) is 23.4 Å². The number of aliphatic imine (C=N–C) groups is 1. The molecule has 0 atom stereocenters. The summed E-state index contributed by atoms with van der Waals surface area (Å²) in [6.45, 7) is 3.09. The fourth-order valence-corrected chi connectivity index (χ4v) is 3.48. The summed E-state index contributed by atoms with van der Waals surface area (Å²) in [6.07, 6.45) is 2.16. The number of hydrogen-bond donors (Lipinski definition) is 2. The SMILES string of the molecule is CCON(Cc1ccc(CN)cc1)C(=O)C1=Cc2sccc2N=C(N)C1. The predicted molar refractivity (Wildman–Crippen MR) is 105 cm³/mol. The molecule has 1 aliphatic heterocycles. The number of nitrogens with two attached hydrogens (primary N) is 2. The van der Waals surface area contributed by atoms with Gasteiger partial charge in [-0.1, -0.05) is 24.3 Å². The Morgan fingerprint density at radius 3 is 2.69 bits per heavy atom. The number of nitrogens with zero attached hydrogens (tertiary/aromatic N) is 2. The maximum atomic E-state index is 13.1. The molecule has 0 fully saturated rings. The van der Waals surface area contributed by atoms with Crippen LogP contribution in [0.15, 0.2) is 46.3 Å². The molecule has 136 valence electrons. The molecule has 6 nitrogen and oxygen atoms in total. The zero-order chi connectivity index (χ0) is 18.5. The summed E-state index contributed by atoms with van der Waals surface area (Å²) in [5.74, 6) is 0.222. The number of hydroxylamine groups is 2. The van der Waals surface area contributed by atoms with Gasteiger partial charge in [0.05, 0.1) is 23.7 Å². The second-order valence-corrected chi connectivity index (χ2v) is 6.85. The van der Waals surface area contributed by atoms with Crippen LogP contribution in [-0.2, 0) is 22.7 Å². The van der Waals surface area contributed by atoms with Crippen molar-refractivity contribution < 1.29 is 9.63 Å². The van der Waals surface area contributed by atoms with E-state index in [0.717, 1.165) is 21.7 Å². The Morgan fingerprint density at radius 2 is 2.00 bits per heavy atom. The predicted octanol–water partition coefficient (Wildman–Crippen LogP) is 2.96. The Labute approximate surface area is 156 Å². The van der Waals surface area contributed by atoms with Crippen LogP contribution in [0.3, 0.4) is 0 Å². The molecule has 1 aromatic carbocycles. The summed E-state index contributed by atoms with van der Waals surface area (Å²) < 4.78 is 0. The molecule has 1 aliphatic rings. The van der Waals surface area contributed by atoms with Gasteiger partial charge in [-0.25, -0.2) is 10.1 Å². The third-order valence-corrected chi connectivity index (χ3v) is 4.84. The molecule has 1 aromatic heterocycles. The van der Waals surface area contributed by atoms with Crippen LogP contribution in [0.4, 0.5) is 5.69 Å². The summed E-state index contributed by atoms with van der Waals surface area (Å²) >= 11 is 1.53. The van der Waals surface area contributed by atoms with Gasteiger partial charge >= 0.3 is 0 Å². The van der Waals surface area contributed by atoms with Crippen molar-refractivity contribution in [2.75, 3.05) is 6.61 Å². The molecule has 26 heavy (non-hydrogen) atoms. The van der Waals surface area contributed by atoms with Crippen LogP contribution in [0.25, 0.3) is 6.08 Å². The van der Waals surface area contributed by atoms with E-state index in [1.807, 2.05) is 48.7 Å². The van der Waals surface area contributed by atoms with Crippen molar-refractivity contribution in [1.29, 1.82) is 0 Å². The molecule has 3 rings (SSSR count). The first-order valence-electron chi connectivity index (χ1n) is 8.44. The van der Waals surface area contributed by atoms with Gasteiger partial charge in [-0.2, -0.15) is 0 Å². The fourth-order valence-electron chi connectivity index (χ4n) is 2.69. The summed E-state index contributed by atoms with van der Waals surface area (Å²) in [6, 6.07) is 9.72. The summed E-state index contributed by atoms with van der Waals surface area (Å²) in [5, 5.41) is 3.32. The minimum Gasteiger partial charge on any atom is -0.387 e. The van der Waals surface area contributed by atoms with E-state index in [0.29, 0.717) is 37.5 Å². The molecule has 2 heterocycles. The van der Waals surface area contributed by atoms with Gasteiger partial charge in [0.2, 0.25) is 0 Å². The van der Waals surface area contributed by atoms with Gasteiger partial charge in [0.25, 0.3) is 5.91 Å². The molecule has 0 saturated heterocycles. The summed E-state index contributed by atoms with van der Waals surface area (Å²) in [7, 11) is 0. The normalized spacial score (nSPS) is 13.5. The first-order valence-corrected chi connectivity index (χ1v) is 9.32. The lowest BCUT2D eigenvalue weighted by Crippen LogP contribution is -2.33. The molecule has 2 aromatic rings. The molecular formula is C19H22N4O2S. The molecule has 4 N–H and O–H groups in total. The lowest BCUT2D eigenvalue weighted by atomic mass is 10.1. The van der Waals surface area contributed by atoms with Crippen LogP contribution < -0.4 is 11.5 Å². The largest absolute Gasteiger partial charge is 0.387 e. The van der Waals surface area contributed by atoms with Crippen molar-refractivity contribution in [3.05, 3.63) is 57.3 Å². The zero-order valence-corrected chi connectivity index (χ0v) is 15.5. The maximum absolute atomic E-state index is 13.1. The van der Waals surface area contributed by atoms with Crippen LogP contribution >= 0.6 is 11.3 Å². The molecule has 0 radical (unpaired) electrons. The lowest BCUT2D eigenvalue weighted by molar-refractivity contribution is -0.184. The van der Waals surface area contributed by atoms with Gasteiger partial charge in [-0.15, -0.1) is 11.3 Å². The van der Waals surface area contributed by atoms with Crippen molar-refractivity contribution >= 4 is 34.8 Å². The van der Waals surface area contributed by atoms with Crippen molar-refractivity contribution in [3.8, 4) is 0 Å². The number of rotatable bonds is 6. The van der Waals surface area contributed by atoms with E-state index in [4.69, 9.17) is 16.3 Å². The van der Waals surface area contributed by atoms with E-state index < -0.39 is 0 Å². The smallest absolute Gasteiger partial charge is 0.274 e. The Kier molecular flexibility index (Phi) is 5.82. The minimum atomic E-state index is -0.200. The Balaban J connectivity index is 1.83. The van der Waals surface area contributed by atoms with E-state index in [-0.39, 0.29) is 5.91 Å². The standard InChI is InChI=1S/C19H22N4O2S/c1-2-25-23(12-14-5-3-13(11-20)4-6-14)19(24)15-9-17-16(7-8-26-17)22-18(21)10-15/h3-9H,2,10-12,20H2,1H3,(H2,21,22). The topological polar surface area (TPSA) is 93.9 Å². The van der Waals surface area contributed by atoms with E-state index in [2.05, 4.69) is 4.99 Å². The van der Waals surface area contributed by atoms with Gasteiger partial charge in [-0.3, -0.25) is 9.63 Å².